The van der Waals surface area contributed by atoms with Gasteiger partial charge in [-0.2, -0.15) is 0 Å². The number of amides is 1. The summed E-state index contributed by atoms with van der Waals surface area (Å²) in [6, 6.07) is 1.89. The van der Waals surface area contributed by atoms with Gasteiger partial charge >= 0.3 is 7.12 Å². The molecule has 0 aromatic carbocycles. The molecule has 11 heteroatoms. The minimum Gasteiger partial charge on any atom is -0.399 e. The maximum absolute atomic E-state index is 12.3. The van der Waals surface area contributed by atoms with E-state index in [-0.39, 0.29) is 17.1 Å². The smallest absolute Gasteiger partial charge is 0.399 e. The number of aromatic nitrogens is 2. The largest absolute Gasteiger partial charge is 0.497 e. The number of pyridine rings is 2. The molecule has 2 aromatic heterocycles. The molecule has 0 atom stereocenters. The second-order valence-electron chi connectivity index (χ2n) is 10.4. The average molecular weight is 404 g/mol. The number of carbonyl (C=O) groups excluding carboxylic acids is 1. The third kappa shape index (κ3) is 4.10. The van der Waals surface area contributed by atoms with Gasteiger partial charge in [0.05, 0.1) is 11.2 Å². The van der Waals surface area contributed by atoms with Crippen LogP contribution < -0.4 is 16.1 Å². The Bertz CT molecular complexity index is 989. The minimum atomic E-state index is -0.553. The molecule has 0 bridgehead atoms. The van der Waals surface area contributed by atoms with E-state index in [0.717, 1.165) is 34.9 Å². The number of nitrogens with one attached hydrogen (secondary N) is 2. The van der Waals surface area contributed by atoms with Gasteiger partial charge in [0, 0.05) is 29.2 Å². The van der Waals surface area contributed by atoms with Crippen molar-refractivity contribution in [1.29, 1.82) is 0 Å². The fourth-order valence-electron chi connectivity index (χ4n) is 3.41. The van der Waals surface area contributed by atoms with E-state index in [1.54, 1.807) is 12.4 Å². The molecule has 1 aliphatic heterocycles. The van der Waals surface area contributed by atoms with Gasteiger partial charge in [0.15, 0.2) is 0 Å². The lowest BCUT2D eigenvalue weighted by molar-refractivity contribution is -0.117. The number of carbonyl (C=O) groups is 1. The summed E-state index contributed by atoms with van der Waals surface area (Å²) in [7, 11) is 5.70. The van der Waals surface area contributed by atoms with Gasteiger partial charge in [0.1, 0.15) is 35.2 Å². The molecule has 0 unspecified atom stereocenters. The average Bonchev–Trinajstić information content (AvgIpc) is 3.41. The highest BCUT2D eigenvalue weighted by Gasteiger charge is 2.52. The van der Waals surface area contributed by atoms with Gasteiger partial charge in [-0.3, -0.25) is 4.79 Å². The van der Waals surface area contributed by atoms with Gasteiger partial charge in [-0.1, -0.05) is 0 Å². The number of hydrogen-bond donors (Lipinski definition) is 2. The first-order valence-corrected chi connectivity index (χ1v) is 10.6. The van der Waals surface area contributed by atoms with Crippen LogP contribution >= 0.6 is 0 Å². The molecule has 2 N–H and O–H groups in total. The zero-order valence-electron chi connectivity index (χ0n) is 18.9. The highest BCUT2D eigenvalue weighted by Crippen LogP contribution is 2.37. The third-order valence-electron chi connectivity index (χ3n) is 6.00. The maximum Gasteiger partial charge on any atom is 0.497 e. The summed E-state index contributed by atoms with van der Waals surface area (Å²) in [6.45, 7) is 8.12. The third-order valence-corrected chi connectivity index (χ3v) is 6.00. The Hall–Kier alpha value is -1.99. The molecular formula is C19H28B4N4O3. The Morgan fingerprint density at radius 1 is 1.10 bits per heavy atom. The van der Waals surface area contributed by atoms with E-state index in [0.29, 0.717) is 5.82 Å². The Kier molecular flexibility index (Phi) is 4.97. The summed E-state index contributed by atoms with van der Waals surface area (Å²) < 4.78 is 12.6. The van der Waals surface area contributed by atoms with E-state index in [1.807, 2.05) is 33.8 Å². The standard InChI is InChI=1S/C19H28B4N4O3/c1-17(2)18(3,4)30-23(29-17)13-9-25-15(27-19(20,21)22)12-8-24-14(7-11(12)13)26-16(28)10-5-6-10/h7-10H,5-6,20-22H2,1-4H3,(H,25,27)(H,24,26,28). The van der Waals surface area contributed by atoms with Crippen molar-refractivity contribution in [2.24, 2.45) is 5.92 Å². The number of nitrogens with zero attached hydrogens (tertiary/aromatic N) is 2. The van der Waals surface area contributed by atoms with Crippen molar-refractivity contribution in [2.75, 3.05) is 10.6 Å². The molecule has 3 heterocycles. The molecular weight excluding hydrogens is 375 g/mol. The topological polar surface area (TPSA) is 85.4 Å². The van der Waals surface area contributed by atoms with Crippen molar-refractivity contribution >= 4 is 64.4 Å². The van der Waals surface area contributed by atoms with Crippen molar-refractivity contribution in [3.8, 4) is 0 Å². The first-order valence-electron chi connectivity index (χ1n) is 10.6. The van der Waals surface area contributed by atoms with Crippen LogP contribution in [0.1, 0.15) is 40.5 Å². The van der Waals surface area contributed by atoms with Crippen LogP contribution in [0.25, 0.3) is 10.8 Å². The zero-order valence-corrected chi connectivity index (χ0v) is 18.9. The SMILES string of the molecule is BC(B)(B)Nc1ncc(B2OC(C)(C)C(C)(C)O2)c2cc(NC(=O)C3CC3)ncc12. The van der Waals surface area contributed by atoms with Crippen LogP contribution in [0.5, 0.6) is 0 Å². The van der Waals surface area contributed by atoms with Crippen LogP contribution in [0, 0.1) is 5.92 Å². The second-order valence-corrected chi connectivity index (χ2v) is 10.4. The summed E-state index contributed by atoms with van der Waals surface area (Å²) in [5.74, 6) is 1.41. The quantitative estimate of drug-likeness (QED) is 0.636. The van der Waals surface area contributed by atoms with Crippen LogP contribution in [0.2, 0.25) is 0 Å². The normalized spacial score (nSPS) is 20.3. The molecule has 1 aliphatic carbocycles. The lowest BCUT2D eigenvalue weighted by Crippen LogP contribution is -2.41. The summed E-state index contributed by atoms with van der Waals surface area (Å²) in [4.78, 5) is 21.4. The summed E-state index contributed by atoms with van der Waals surface area (Å²) in [5, 5.41) is 7.98. The summed E-state index contributed by atoms with van der Waals surface area (Å²) in [6.07, 6.45) is 5.45. The summed E-state index contributed by atoms with van der Waals surface area (Å²) >= 11 is 0. The van der Waals surface area contributed by atoms with Crippen molar-refractivity contribution < 1.29 is 14.1 Å². The van der Waals surface area contributed by atoms with E-state index in [2.05, 4.69) is 44.1 Å². The molecule has 2 fully saturated rings. The van der Waals surface area contributed by atoms with Crippen LogP contribution in [0.3, 0.4) is 0 Å². The molecule has 1 saturated heterocycles. The Morgan fingerprint density at radius 2 is 1.73 bits per heavy atom. The number of rotatable bonds is 5. The van der Waals surface area contributed by atoms with E-state index in [9.17, 15) is 4.79 Å². The van der Waals surface area contributed by atoms with Crippen LogP contribution in [-0.2, 0) is 14.1 Å². The van der Waals surface area contributed by atoms with Crippen molar-refractivity contribution in [3.63, 3.8) is 0 Å². The van der Waals surface area contributed by atoms with Crippen LogP contribution in [0.4, 0.5) is 11.6 Å². The van der Waals surface area contributed by atoms with Gasteiger partial charge in [-0.25, -0.2) is 9.97 Å². The Morgan fingerprint density at radius 3 is 2.30 bits per heavy atom. The number of anilines is 2. The number of hydrogen-bond acceptors (Lipinski definition) is 6. The summed E-state index contributed by atoms with van der Waals surface area (Å²) in [5.41, 5.74) is -0.0856. The van der Waals surface area contributed by atoms with Gasteiger partial charge in [-0.15, -0.1) is 0 Å². The van der Waals surface area contributed by atoms with E-state index >= 15 is 0 Å². The van der Waals surface area contributed by atoms with Crippen molar-refractivity contribution in [1.82, 2.24) is 9.97 Å². The van der Waals surface area contributed by atoms with Crippen LogP contribution in [-0.4, -0.2) is 63.0 Å². The number of fused-ring (bicyclic) bond motifs is 1. The van der Waals surface area contributed by atoms with Gasteiger partial charge in [0.2, 0.25) is 5.91 Å². The van der Waals surface area contributed by atoms with Gasteiger partial charge in [0.25, 0.3) is 0 Å². The van der Waals surface area contributed by atoms with Crippen molar-refractivity contribution in [3.05, 3.63) is 18.5 Å². The highest BCUT2D eigenvalue weighted by molar-refractivity contribution is 6.65. The first kappa shape index (κ1) is 21.2. The maximum atomic E-state index is 12.3. The zero-order chi connectivity index (χ0) is 21.9. The minimum absolute atomic E-state index is 0.0288. The van der Waals surface area contributed by atoms with E-state index in [4.69, 9.17) is 9.31 Å². The van der Waals surface area contributed by atoms with E-state index < -0.39 is 18.3 Å². The van der Waals surface area contributed by atoms with Crippen LogP contribution in [0.15, 0.2) is 18.5 Å². The van der Waals surface area contributed by atoms with E-state index in [1.165, 1.54) is 0 Å². The molecule has 0 spiro atoms. The Balaban J connectivity index is 1.78. The van der Waals surface area contributed by atoms with Crippen molar-refractivity contribution in [2.45, 2.75) is 57.0 Å². The molecule has 2 aromatic rings. The molecule has 30 heavy (non-hydrogen) atoms. The fraction of sp³-hybridized carbons (Fsp3) is 0.526. The lowest BCUT2D eigenvalue weighted by atomic mass is 9.49. The molecule has 1 saturated carbocycles. The lowest BCUT2D eigenvalue weighted by Gasteiger charge is -2.32. The van der Waals surface area contributed by atoms with Gasteiger partial charge in [-0.05, 0) is 57.2 Å². The Labute approximate surface area is 180 Å². The first-order chi connectivity index (χ1) is 13.9. The molecule has 154 valence electrons. The predicted octanol–water partition coefficient (Wildman–Crippen LogP) is -0.800. The molecule has 0 radical (unpaired) electrons. The molecule has 1 amide bonds. The molecule has 7 nitrogen and oxygen atoms in total. The highest BCUT2D eigenvalue weighted by atomic mass is 16.7. The second kappa shape index (κ2) is 7.02. The fourth-order valence-corrected chi connectivity index (χ4v) is 3.41. The predicted molar refractivity (Wildman–Crippen MR) is 129 cm³/mol. The monoisotopic (exact) mass is 404 g/mol. The molecule has 2 aliphatic rings. The molecule has 4 rings (SSSR count). The van der Waals surface area contributed by atoms with Gasteiger partial charge < -0.3 is 19.9 Å².